The van der Waals surface area contributed by atoms with Crippen molar-refractivity contribution in [1.82, 2.24) is 20.4 Å². The molecule has 3 N–H and O–H groups in total. The molecule has 0 aromatic heterocycles. The van der Waals surface area contributed by atoms with Crippen LogP contribution in [0.3, 0.4) is 0 Å². The van der Waals surface area contributed by atoms with Crippen LogP contribution in [0.4, 0.5) is 0 Å². The summed E-state index contributed by atoms with van der Waals surface area (Å²) in [5.74, 6) is -1.43. The zero-order valence-corrected chi connectivity index (χ0v) is 46.3. The molecule has 1 fully saturated rings. The molecule has 2 radical (unpaired) electrons. The van der Waals surface area contributed by atoms with Gasteiger partial charge >= 0.3 is 0 Å². The van der Waals surface area contributed by atoms with E-state index in [1.807, 2.05) is 83.1 Å². The Morgan fingerprint density at radius 2 is 0.774 bits per heavy atom. The van der Waals surface area contributed by atoms with Gasteiger partial charge in [0.15, 0.2) is 0 Å². The molecule has 1 aliphatic heterocycles. The minimum Gasteiger partial charge on any atom is -0.481 e. The summed E-state index contributed by atoms with van der Waals surface area (Å²) in [6, 6.07) is 0. The van der Waals surface area contributed by atoms with Crippen LogP contribution in [0, 0.1) is 0 Å². The molecule has 0 saturated carbocycles. The first-order chi connectivity index (χ1) is 21.0. The first-order valence-electron chi connectivity index (χ1n) is 15.0. The summed E-state index contributed by atoms with van der Waals surface area (Å²) >= 11 is 0. The third-order valence-electron chi connectivity index (χ3n) is 2.80. The van der Waals surface area contributed by atoms with Gasteiger partial charge in [-0.25, -0.2) is 0 Å². The maximum atomic E-state index is 10.3. The number of ether oxygens (including phenoxy) is 1. The molecule has 18 heteroatoms. The second kappa shape index (κ2) is 132. The number of aliphatic carboxylic acids is 1. The summed E-state index contributed by atoms with van der Waals surface area (Å²) in [6.45, 7) is 31.1. The average molecular weight is 1270 g/mol. The SMILES string of the molecule is C.C.C.C.CC.CC.CC.CC.CC.CC.CC(=O)N(C)C(C)=O.CC(=O)O.CN1C(=O)CC1=O.CNC(C)=O.CNC(C)=O.COC=O.[W].[W].[Y].[Y]. The van der Waals surface area contributed by atoms with Crippen LogP contribution in [0.25, 0.3) is 0 Å². The molecular weight excluding hydrogens is 1180 g/mol. The van der Waals surface area contributed by atoms with E-state index in [1.54, 1.807) is 14.1 Å². The number of hydrogen-bond acceptors (Lipinski definition) is 9. The fraction of sp³-hybridized carbons (Fsp3) is 0.771. The van der Waals surface area contributed by atoms with Gasteiger partial charge in [-0.1, -0.05) is 113 Å². The molecule has 0 spiro atoms. The van der Waals surface area contributed by atoms with E-state index in [2.05, 4.69) is 15.4 Å². The number of imide groups is 2. The van der Waals surface area contributed by atoms with E-state index in [0.29, 0.717) is 6.47 Å². The third-order valence-corrected chi connectivity index (χ3v) is 2.80. The van der Waals surface area contributed by atoms with Gasteiger partial charge in [0.1, 0.15) is 6.42 Å². The molecule has 0 atom stereocenters. The summed E-state index contributed by atoms with van der Waals surface area (Å²) in [5, 5.41) is 12.2. The molecule has 6 amide bonds. The van der Waals surface area contributed by atoms with E-state index in [-0.39, 0.29) is 179 Å². The van der Waals surface area contributed by atoms with Crippen molar-refractivity contribution in [2.75, 3.05) is 35.3 Å². The Kier molecular flexibility index (Phi) is 309. The van der Waals surface area contributed by atoms with Gasteiger partial charge in [0.05, 0.1) is 7.11 Å². The Hall–Kier alpha value is -0.256. The summed E-state index contributed by atoms with van der Waals surface area (Å²) in [7, 11) is 7.44. The Morgan fingerprint density at radius 3 is 0.774 bits per heavy atom. The van der Waals surface area contributed by atoms with Crippen molar-refractivity contribution in [2.45, 2.75) is 154 Å². The number of carbonyl (C=O) groups excluding carboxylic acids is 7. The maximum absolute atomic E-state index is 10.3. The van der Waals surface area contributed by atoms with Gasteiger partial charge in [-0.3, -0.25) is 48.2 Å². The van der Waals surface area contributed by atoms with Crippen molar-refractivity contribution in [3.8, 4) is 0 Å². The van der Waals surface area contributed by atoms with Gasteiger partial charge in [-0.05, 0) is 0 Å². The molecule has 53 heavy (non-hydrogen) atoms. The number of carboxylic acid groups (broad SMARTS) is 1. The quantitative estimate of drug-likeness (QED) is 0.135. The fourth-order valence-corrected chi connectivity index (χ4v) is 0.636. The van der Waals surface area contributed by atoms with Crippen LogP contribution in [0.1, 0.15) is 154 Å². The molecule has 0 aromatic rings. The number of hydrogen-bond donors (Lipinski definition) is 3. The van der Waals surface area contributed by atoms with E-state index in [4.69, 9.17) is 14.7 Å². The van der Waals surface area contributed by atoms with Gasteiger partial charge in [0, 0.05) is 170 Å². The second-order valence-electron chi connectivity index (χ2n) is 5.58. The zero-order valence-electron chi connectivity index (χ0n) is 34.8. The molecular formula is C35H88N4O10W2Y2. The third kappa shape index (κ3) is 209. The standard InChI is InChI=1S/C5H9NO2.C4H5NO2.2C3H7NO.2C2H4O2.6C2H6.4CH4.2W.2Y/c1-4(7)6(3)5(2)8;1-5-3(6)2-4(5)7;2*1-3(5)4-2;1-4-2-3;1-2(3)4;6*1-2;;;;;;;;/h1-3H3;2H2,1H3;2*1-2H3,(H,4,5);2H,1H3;1H3,(H,3,4);6*1-2H3;4*1H4;;;;. The Labute approximate surface area is 409 Å². The molecule has 1 aliphatic rings. The molecule has 1 heterocycles. The number of methoxy groups -OCH3 is 1. The maximum Gasteiger partial charge on any atom is 0.300 e. The van der Waals surface area contributed by atoms with Crippen LogP contribution in [0.5, 0.6) is 0 Å². The van der Waals surface area contributed by atoms with E-state index in [9.17, 15) is 28.8 Å². The number of nitrogens with one attached hydrogen (secondary N) is 2. The number of rotatable bonds is 1. The van der Waals surface area contributed by atoms with Crippen molar-refractivity contribution in [1.29, 1.82) is 0 Å². The van der Waals surface area contributed by atoms with Crippen LogP contribution in [-0.2, 0) is 151 Å². The second-order valence-corrected chi connectivity index (χ2v) is 5.58. The summed E-state index contributed by atoms with van der Waals surface area (Å²) in [5.41, 5.74) is 0. The van der Waals surface area contributed by atoms with E-state index < -0.39 is 5.97 Å². The number of likely N-dealkylation sites (tertiary alicyclic amines) is 1. The average Bonchev–Trinajstić information content (AvgIpc) is 3.06. The number of β-lactam (4-membered cyclic amide) rings is 2. The summed E-state index contributed by atoms with van der Waals surface area (Å²) in [4.78, 5) is 80.4. The predicted molar refractivity (Wildman–Crippen MR) is 212 cm³/mol. The van der Waals surface area contributed by atoms with Gasteiger partial charge in [-0.15, -0.1) is 0 Å². The fourth-order valence-electron chi connectivity index (χ4n) is 0.636. The molecule has 1 saturated heterocycles. The number of amides is 6. The number of carboxylic acids is 1. The monoisotopic (exact) mass is 1270 g/mol. The summed E-state index contributed by atoms with van der Waals surface area (Å²) in [6.07, 6.45) is 0.108. The molecule has 326 valence electrons. The Bertz CT molecular complexity index is 639. The van der Waals surface area contributed by atoms with Crippen molar-refractivity contribution >= 4 is 47.9 Å². The Morgan fingerprint density at radius 1 is 0.642 bits per heavy atom. The van der Waals surface area contributed by atoms with Crippen molar-refractivity contribution in [3.63, 3.8) is 0 Å². The van der Waals surface area contributed by atoms with Gasteiger partial charge in [-0.2, -0.15) is 0 Å². The van der Waals surface area contributed by atoms with E-state index >= 15 is 0 Å². The molecule has 1 rings (SSSR count). The first kappa shape index (κ1) is 124. The minimum absolute atomic E-state index is 0. The molecule has 0 bridgehead atoms. The predicted octanol–water partition coefficient (Wildman–Crippen LogP) is 7.46. The van der Waals surface area contributed by atoms with Crippen molar-refractivity contribution in [2.24, 2.45) is 0 Å². The van der Waals surface area contributed by atoms with Crippen molar-refractivity contribution < 1.29 is 156 Å². The largest absolute Gasteiger partial charge is 0.481 e. The Balaban J connectivity index is -0.0000000143. The molecule has 0 aromatic carbocycles. The topological polar surface area (TPSA) is 197 Å². The van der Waals surface area contributed by atoms with Gasteiger partial charge in [0.25, 0.3) is 12.4 Å². The van der Waals surface area contributed by atoms with E-state index in [1.165, 1.54) is 48.9 Å². The minimum atomic E-state index is -0.833. The number of carbonyl (C=O) groups is 8. The van der Waals surface area contributed by atoms with Gasteiger partial charge < -0.3 is 20.5 Å². The summed E-state index contributed by atoms with van der Waals surface area (Å²) < 4.78 is 3.86. The molecule has 0 aliphatic carbocycles. The van der Waals surface area contributed by atoms with Crippen LogP contribution in [-0.4, -0.2) is 98.1 Å². The number of nitrogens with zero attached hydrogens (tertiary/aromatic N) is 2. The van der Waals surface area contributed by atoms with Crippen LogP contribution >= 0.6 is 0 Å². The smallest absolute Gasteiger partial charge is 0.300 e. The normalized spacial score (nSPS) is 6.72. The van der Waals surface area contributed by atoms with Crippen molar-refractivity contribution in [3.05, 3.63) is 0 Å². The molecule has 0 unspecified atom stereocenters. The zero-order chi connectivity index (χ0) is 39.7. The first-order valence-corrected chi connectivity index (χ1v) is 15.0. The van der Waals surface area contributed by atoms with E-state index in [0.717, 1.165) is 16.7 Å². The van der Waals surface area contributed by atoms with Gasteiger partial charge in [0.2, 0.25) is 35.4 Å². The molecule has 14 nitrogen and oxygen atoms in total. The van der Waals surface area contributed by atoms with Crippen LogP contribution in [0.15, 0.2) is 0 Å². The van der Waals surface area contributed by atoms with Crippen LogP contribution < -0.4 is 10.6 Å². The van der Waals surface area contributed by atoms with Crippen LogP contribution in [0.2, 0.25) is 0 Å².